The monoisotopic (exact) mass is 613 g/mol. The molecule has 222 valence electrons. The Morgan fingerprint density at radius 2 is 1.00 bits per heavy atom. The van der Waals surface area contributed by atoms with E-state index in [0.29, 0.717) is 0 Å². The van der Waals surface area contributed by atoms with Crippen molar-refractivity contribution in [2.75, 3.05) is 12.3 Å². The standard InChI is InChI=1S/C14H12F17NO4S/c1-5(6(33)34)32-3-2-4-37(35,36)14(30,31)12(25,26)10(21,22)8(17,18)7(15,16)9(19,20)11(23,24)13(27,28)29/h5,32H,2-4H2,1H3,(H,33,34)/t5-/m0/s1. The Morgan fingerprint density at radius 1 is 0.676 bits per heavy atom. The van der Waals surface area contributed by atoms with Crippen molar-refractivity contribution in [3.8, 4) is 0 Å². The lowest BCUT2D eigenvalue weighted by Gasteiger charge is -2.42. The predicted molar refractivity (Wildman–Crippen MR) is 84.2 cm³/mol. The van der Waals surface area contributed by atoms with Gasteiger partial charge in [-0.05, 0) is 19.9 Å². The predicted octanol–water partition coefficient (Wildman–Crippen LogP) is 4.82. The topological polar surface area (TPSA) is 83.5 Å². The van der Waals surface area contributed by atoms with Crippen LogP contribution in [-0.2, 0) is 14.6 Å². The van der Waals surface area contributed by atoms with Crippen LogP contribution in [0.1, 0.15) is 13.3 Å². The molecule has 0 spiro atoms. The number of aliphatic carboxylic acids is 1. The Bertz CT molecular complexity index is 944. The Hall–Kier alpha value is -1.81. The van der Waals surface area contributed by atoms with E-state index < -0.39 is 87.5 Å². The Kier molecular flexibility index (Phi) is 9.26. The third-order valence-corrected chi connectivity index (χ3v) is 6.36. The van der Waals surface area contributed by atoms with Gasteiger partial charge in [0, 0.05) is 0 Å². The Balaban J connectivity index is 6.47. The maximum absolute atomic E-state index is 13.8. The minimum absolute atomic E-state index is 0.862. The zero-order chi connectivity index (χ0) is 30.5. The fourth-order valence-corrected chi connectivity index (χ4v) is 3.44. The number of hydrogen-bond acceptors (Lipinski definition) is 4. The summed E-state index contributed by atoms with van der Waals surface area (Å²) in [7, 11) is -7.16. The van der Waals surface area contributed by atoms with Crippen molar-refractivity contribution in [2.24, 2.45) is 0 Å². The van der Waals surface area contributed by atoms with E-state index in [1.807, 2.05) is 5.32 Å². The molecule has 0 radical (unpaired) electrons. The molecule has 23 heteroatoms. The smallest absolute Gasteiger partial charge is 0.460 e. The summed E-state index contributed by atoms with van der Waals surface area (Å²) in [6, 6.07) is -1.55. The van der Waals surface area contributed by atoms with E-state index in [1.54, 1.807) is 0 Å². The van der Waals surface area contributed by atoms with Gasteiger partial charge in [0.05, 0.1) is 5.75 Å². The SMILES string of the molecule is C[C@H](NCCCS(=O)(=O)C(F)(F)C(F)(F)C(F)(F)C(F)(F)C(F)(F)C(F)(F)C(F)(F)C(F)(F)F)C(=O)O. The molecule has 0 saturated heterocycles. The molecule has 0 rings (SSSR count). The van der Waals surface area contributed by atoms with Gasteiger partial charge in [0.1, 0.15) is 6.04 Å². The number of alkyl halides is 17. The van der Waals surface area contributed by atoms with E-state index in [0.717, 1.165) is 6.92 Å². The molecular weight excluding hydrogens is 601 g/mol. The van der Waals surface area contributed by atoms with Gasteiger partial charge in [-0.15, -0.1) is 0 Å². The summed E-state index contributed by atoms with van der Waals surface area (Å²) < 4.78 is 247. The highest BCUT2D eigenvalue weighted by atomic mass is 32.2. The molecule has 0 fully saturated rings. The molecule has 0 amide bonds. The van der Waals surface area contributed by atoms with Crippen molar-refractivity contribution in [1.82, 2.24) is 5.32 Å². The number of rotatable bonds is 13. The van der Waals surface area contributed by atoms with Crippen LogP contribution in [0.2, 0.25) is 0 Å². The molecule has 0 aliphatic rings. The molecule has 0 aliphatic carbocycles. The van der Waals surface area contributed by atoms with Gasteiger partial charge < -0.3 is 10.4 Å². The van der Waals surface area contributed by atoms with Crippen molar-refractivity contribution in [3.63, 3.8) is 0 Å². The number of halogens is 17. The Morgan fingerprint density at radius 3 is 1.32 bits per heavy atom. The number of sulfone groups is 1. The van der Waals surface area contributed by atoms with Crippen LogP contribution in [0.3, 0.4) is 0 Å². The summed E-state index contributed by atoms with van der Waals surface area (Å²) in [6.07, 6.45) is -9.26. The number of nitrogens with one attached hydrogen (secondary N) is 1. The fourth-order valence-electron chi connectivity index (χ4n) is 2.14. The van der Waals surface area contributed by atoms with Crippen molar-refractivity contribution in [3.05, 3.63) is 0 Å². The van der Waals surface area contributed by atoms with E-state index in [9.17, 15) is 87.8 Å². The second kappa shape index (κ2) is 9.74. The summed E-state index contributed by atoms with van der Waals surface area (Å²) in [5.74, 6) is -55.8. The largest absolute Gasteiger partial charge is 0.480 e. The van der Waals surface area contributed by atoms with Crippen LogP contribution in [0.25, 0.3) is 0 Å². The Labute approximate surface area is 193 Å². The maximum atomic E-state index is 13.8. The first-order valence-electron chi connectivity index (χ1n) is 8.72. The quantitative estimate of drug-likeness (QED) is 0.230. The van der Waals surface area contributed by atoms with Crippen LogP contribution >= 0.6 is 0 Å². The molecule has 0 aromatic rings. The lowest BCUT2D eigenvalue weighted by molar-refractivity contribution is -0.458. The summed E-state index contributed by atoms with van der Waals surface area (Å²) in [5.41, 5.74) is 0. The van der Waals surface area contributed by atoms with Crippen molar-refractivity contribution < 1.29 is 93.0 Å². The van der Waals surface area contributed by atoms with Crippen LogP contribution in [0.5, 0.6) is 0 Å². The molecule has 0 aromatic heterocycles. The van der Waals surface area contributed by atoms with E-state index in [-0.39, 0.29) is 0 Å². The van der Waals surface area contributed by atoms with Gasteiger partial charge in [0.15, 0.2) is 0 Å². The number of carbonyl (C=O) groups is 1. The first kappa shape index (κ1) is 35.2. The van der Waals surface area contributed by atoms with Crippen LogP contribution in [-0.4, -0.2) is 84.8 Å². The second-order valence-corrected chi connectivity index (χ2v) is 9.30. The second-order valence-electron chi connectivity index (χ2n) is 7.15. The zero-order valence-corrected chi connectivity index (χ0v) is 18.0. The maximum Gasteiger partial charge on any atom is 0.460 e. The zero-order valence-electron chi connectivity index (χ0n) is 17.2. The van der Waals surface area contributed by atoms with Gasteiger partial charge in [-0.2, -0.15) is 74.6 Å². The minimum Gasteiger partial charge on any atom is -0.480 e. The molecule has 0 heterocycles. The molecule has 1 atom stereocenters. The summed E-state index contributed by atoms with van der Waals surface area (Å²) in [4.78, 5) is 10.5. The molecule has 0 saturated carbocycles. The lowest BCUT2D eigenvalue weighted by Crippen LogP contribution is -2.75. The van der Waals surface area contributed by atoms with Crippen LogP contribution in [0.15, 0.2) is 0 Å². The highest BCUT2D eigenvalue weighted by Crippen LogP contribution is 2.64. The molecular formula is C14H12F17NO4S. The number of carboxylic acids is 1. The van der Waals surface area contributed by atoms with Crippen LogP contribution in [0, 0.1) is 0 Å². The van der Waals surface area contributed by atoms with Crippen molar-refractivity contribution in [1.29, 1.82) is 0 Å². The highest BCUT2D eigenvalue weighted by molar-refractivity contribution is 7.92. The third-order valence-electron chi connectivity index (χ3n) is 4.49. The molecule has 2 N–H and O–H groups in total. The van der Waals surface area contributed by atoms with Gasteiger partial charge >= 0.3 is 52.9 Å². The van der Waals surface area contributed by atoms with Gasteiger partial charge in [0.25, 0.3) is 0 Å². The normalized spacial score (nSPS) is 16.6. The van der Waals surface area contributed by atoms with Crippen LogP contribution in [0.4, 0.5) is 74.6 Å². The lowest BCUT2D eigenvalue weighted by atomic mass is 9.91. The van der Waals surface area contributed by atoms with E-state index in [1.165, 1.54) is 0 Å². The average Bonchev–Trinajstić information content (AvgIpc) is 2.68. The molecule has 0 aliphatic heterocycles. The molecule has 37 heavy (non-hydrogen) atoms. The third kappa shape index (κ3) is 5.24. The molecule has 5 nitrogen and oxygen atoms in total. The molecule has 0 aromatic carbocycles. The fraction of sp³-hybridized carbons (Fsp3) is 0.929. The van der Waals surface area contributed by atoms with E-state index in [2.05, 4.69) is 0 Å². The van der Waals surface area contributed by atoms with Crippen molar-refractivity contribution >= 4 is 15.8 Å². The van der Waals surface area contributed by atoms with Gasteiger partial charge in [-0.1, -0.05) is 0 Å². The van der Waals surface area contributed by atoms with Gasteiger partial charge in [-0.3, -0.25) is 4.79 Å². The molecule has 0 bridgehead atoms. The van der Waals surface area contributed by atoms with E-state index >= 15 is 0 Å². The van der Waals surface area contributed by atoms with Gasteiger partial charge in [-0.25, -0.2) is 8.42 Å². The highest BCUT2D eigenvalue weighted by Gasteiger charge is 2.96. The summed E-state index contributed by atoms with van der Waals surface area (Å²) in [6.45, 7) is -0.113. The minimum atomic E-state index is -8.88. The summed E-state index contributed by atoms with van der Waals surface area (Å²) in [5, 5.41) is 2.78. The number of hydrogen-bond donors (Lipinski definition) is 2. The first-order chi connectivity index (χ1) is 15.8. The van der Waals surface area contributed by atoms with E-state index in [4.69, 9.17) is 5.11 Å². The summed E-state index contributed by atoms with van der Waals surface area (Å²) >= 11 is 0. The average molecular weight is 613 g/mol. The first-order valence-corrected chi connectivity index (χ1v) is 10.4. The molecule has 0 unspecified atom stereocenters. The number of carboxylic acid groups (broad SMARTS) is 1. The van der Waals surface area contributed by atoms with Crippen molar-refractivity contribution in [2.45, 2.75) is 66.4 Å². The van der Waals surface area contributed by atoms with Crippen LogP contribution < -0.4 is 5.32 Å². The van der Waals surface area contributed by atoms with Gasteiger partial charge in [0.2, 0.25) is 9.84 Å².